The number of rotatable bonds is 17. The van der Waals surface area contributed by atoms with Crippen molar-refractivity contribution in [3.63, 3.8) is 0 Å². The standard InChI is InChI=1S/C27H37N3O6S.C18H20ClNO4S.C9H18N2O2/c1-27(2,3)36-26(32)29-18-16-28(17-19-29)15-8-20-37(33,34)30(24-9-6-5-7-10-24)21-22-11-13-23(14-12-22)25(31)35-4;1-24-18(21)16-10-8-15(9-11-16)14-20(17-6-3-2-4-7-17)25(22,23)13-5-12-19;1-9(2,3)13-8(12)11-6-4-10-5-7-11/h5-7,9-14H,8,15-21H2,1-4H3;2-4,6-11H,5,12-14H2,1H3;10H,4-7H2,1-3H3. The summed E-state index contributed by atoms with van der Waals surface area (Å²) in [4.78, 5) is 52.6. The number of hydrogen-bond acceptors (Lipinski definition) is 14. The molecular formula is C54H75ClN6O12S2. The van der Waals surface area contributed by atoms with Crippen LogP contribution in [-0.4, -0.2) is 157 Å². The number of ether oxygens (including phenoxy) is 4. The number of sulfonamides is 2. The summed E-state index contributed by atoms with van der Waals surface area (Å²) < 4.78 is 75.2. The van der Waals surface area contributed by atoms with Crippen LogP contribution in [0.25, 0.3) is 0 Å². The first-order chi connectivity index (χ1) is 35.4. The highest BCUT2D eigenvalue weighted by Gasteiger charge is 2.28. The van der Waals surface area contributed by atoms with Gasteiger partial charge in [-0.15, -0.1) is 11.6 Å². The molecule has 18 nitrogen and oxygen atoms in total. The maximum atomic E-state index is 13.4. The van der Waals surface area contributed by atoms with E-state index in [1.165, 1.54) is 22.8 Å². The maximum Gasteiger partial charge on any atom is 0.410 e. The van der Waals surface area contributed by atoms with Crippen LogP contribution in [0.4, 0.5) is 21.0 Å². The summed E-state index contributed by atoms with van der Waals surface area (Å²) in [5, 5.41) is 3.18. The second-order valence-electron chi connectivity index (χ2n) is 19.6. The summed E-state index contributed by atoms with van der Waals surface area (Å²) in [7, 11) is -4.49. The molecule has 0 aromatic heterocycles. The Morgan fingerprint density at radius 2 is 0.920 bits per heavy atom. The van der Waals surface area contributed by atoms with Crippen molar-refractivity contribution in [1.82, 2.24) is 20.0 Å². The molecule has 0 bridgehead atoms. The van der Waals surface area contributed by atoms with Gasteiger partial charge in [-0.05, 0) is 121 Å². The van der Waals surface area contributed by atoms with E-state index in [0.29, 0.717) is 68.1 Å². The zero-order valence-electron chi connectivity index (χ0n) is 44.5. The molecule has 2 aliphatic heterocycles. The fourth-order valence-electron chi connectivity index (χ4n) is 7.53. The molecule has 1 N–H and O–H groups in total. The van der Waals surface area contributed by atoms with Crippen molar-refractivity contribution in [1.29, 1.82) is 0 Å². The van der Waals surface area contributed by atoms with Crippen LogP contribution in [0.3, 0.4) is 0 Å². The number of methoxy groups -OCH3 is 2. The van der Waals surface area contributed by atoms with E-state index in [1.54, 1.807) is 94.7 Å². The molecule has 2 amide bonds. The summed E-state index contributed by atoms with van der Waals surface area (Å²) in [6.45, 7) is 17.8. The van der Waals surface area contributed by atoms with Crippen LogP contribution >= 0.6 is 11.6 Å². The molecule has 0 aliphatic carbocycles. The number of anilines is 2. The average molecular weight is 1100 g/mol. The molecule has 412 valence electrons. The third-order valence-corrected chi connectivity index (χ3v) is 15.3. The Morgan fingerprint density at radius 3 is 1.28 bits per heavy atom. The Balaban J connectivity index is 0.000000274. The second kappa shape index (κ2) is 29.4. The molecule has 4 aromatic rings. The molecule has 2 fully saturated rings. The van der Waals surface area contributed by atoms with Gasteiger partial charge in [0.1, 0.15) is 11.2 Å². The number of alkyl halides is 1. The molecule has 0 unspecified atom stereocenters. The van der Waals surface area contributed by atoms with Gasteiger partial charge in [0.2, 0.25) is 20.0 Å². The molecule has 6 rings (SSSR count). The number of piperazine rings is 2. The molecule has 0 radical (unpaired) electrons. The number of para-hydroxylation sites is 2. The lowest BCUT2D eigenvalue weighted by molar-refractivity contribution is 0.0144. The van der Waals surface area contributed by atoms with E-state index in [4.69, 9.17) is 25.8 Å². The molecule has 0 spiro atoms. The van der Waals surface area contributed by atoms with E-state index in [9.17, 15) is 36.0 Å². The Labute approximate surface area is 449 Å². The topological polar surface area (TPSA) is 202 Å². The van der Waals surface area contributed by atoms with Crippen molar-refractivity contribution in [2.45, 2.75) is 78.7 Å². The van der Waals surface area contributed by atoms with Crippen LogP contribution in [0.5, 0.6) is 0 Å². The zero-order valence-corrected chi connectivity index (χ0v) is 46.9. The number of benzene rings is 4. The van der Waals surface area contributed by atoms with Crippen LogP contribution in [-0.2, 0) is 52.1 Å². The first-order valence-corrected chi connectivity index (χ1v) is 28.6. The first kappa shape index (κ1) is 61.6. The largest absolute Gasteiger partial charge is 0.465 e. The van der Waals surface area contributed by atoms with Crippen molar-refractivity contribution in [3.8, 4) is 0 Å². The summed E-state index contributed by atoms with van der Waals surface area (Å²) >= 11 is 5.65. The fraction of sp³-hybridized carbons (Fsp3) is 0.481. The minimum Gasteiger partial charge on any atom is -0.465 e. The van der Waals surface area contributed by atoms with E-state index in [-0.39, 0.29) is 48.3 Å². The zero-order chi connectivity index (χ0) is 55.2. The van der Waals surface area contributed by atoms with E-state index >= 15 is 0 Å². The molecule has 0 atom stereocenters. The summed E-state index contributed by atoms with van der Waals surface area (Å²) in [5.41, 5.74) is 2.62. The minimum absolute atomic E-state index is 0.00554. The van der Waals surface area contributed by atoms with Gasteiger partial charge in [-0.3, -0.25) is 13.5 Å². The lowest BCUT2D eigenvalue weighted by Crippen LogP contribution is -2.50. The Bertz CT molecular complexity index is 2620. The lowest BCUT2D eigenvalue weighted by atomic mass is 10.1. The van der Waals surface area contributed by atoms with Crippen molar-refractivity contribution in [2.75, 3.05) is 99.1 Å². The number of amides is 2. The molecule has 21 heteroatoms. The van der Waals surface area contributed by atoms with Crippen LogP contribution in [0.2, 0.25) is 0 Å². The highest BCUT2D eigenvalue weighted by atomic mass is 35.5. The number of nitrogens with one attached hydrogen (secondary N) is 1. The van der Waals surface area contributed by atoms with Crippen molar-refractivity contribution >= 4 is 67.1 Å². The van der Waals surface area contributed by atoms with E-state index < -0.39 is 37.6 Å². The second-order valence-corrected chi connectivity index (χ2v) is 24.0. The van der Waals surface area contributed by atoms with E-state index in [0.717, 1.165) is 37.3 Å². The highest BCUT2D eigenvalue weighted by molar-refractivity contribution is 7.93. The van der Waals surface area contributed by atoms with Crippen LogP contribution < -0.4 is 13.9 Å². The van der Waals surface area contributed by atoms with Crippen molar-refractivity contribution in [3.05, 3.63) is 131 Å². The Morgan fingerprint density at radius 1 is 0.547 bits per heavy atom. The van der Waals surface area contributed by atoms with Gasteiger partial charge < -0.3 is 34.1 Å². The Hall–Kier alpha value is -5.93. The number of hydrogen-bond donors (Lipinski definition) is 1. The summed E-state index contributed by atoms with van der Waals surface area (Å²) in [5.74, 6) is -0.609. The smallest absolute Gasteiger partial charge is 0.410 e. The SMILES string of the molecule is CC(C)(C)OC(=O)N1CCNCC1.COC(=O)c1ccc(CN(c2ccccc2)S(=O)(=O)CCCCl)cc1.COC(=O)c1ccc(CN(c2ccccc2)S(=O)(=O)CCCN2CCN(C(=O)OC(C)(C)C)CC2)cc1. The summed E-state index contributed by atoms with van der Waals surface area (Å²) in [6.07, 6.45) is 0.343. The minimum atomic E-state index is -3.62. The molecular weight excluding hydrogens is 1020 g/mol. The highest BCUT2D eigenvalue weighted by Crippen LogP contribution is 2.24. The third kappa shape index (κ3) is 21.3. The van der Waals surface area contributed by atoms with Gasteiger partial charge >= 0.3 is 24.1 Å². The molecule has 2 aliphatic rings. The lowest BCUT2D eigenvalue weighted by Gasteiger charge is -2.35. The number of esters is 2. The number of halogens is 1. The van der Waals surface area contributed by atoms with Gasteiger partial charge in [0.15, 0.2) is 0 Å². The van der Waals surface area contributed by atoms with Gasteiger partial charge in [-0.1, -0.05) is 60.7 Å². The third-order valence-electron chi connectivity index (χ3n) is 11.4. The monoisotopic (exact) mass is 1100 g/mol. The number of carbonyl (C=O) groups is 4. The normalized spacial score (nSPS) is 14.2. The van der Waals surface area contributed by atoms with Gasteiger partial charge in [-0.25, -0.2) is 36.0 Å². The van der Waals surface area contributed by atoms with Crippen LogP contribution in [0.15, 0.2) is 109 Å². The molecule has 0 saturated carbocycles. The molecule has 75 heavy (non-hydrogen) atoms. The van der Waals surface area contributed by atoms with Crippen molar-refractivity contribution < 1.29 is 55.0 Å². The molecule has 4 aromatic carbocycles. The quantitative estimate of drug-likeness (QED) is 0.0605. The van der Waals surface area contributed by atoms with Crippen molar-refractivity contribution in [2.24, 2.45) is 0 Å². The number of carbonyl (C=O) groups excluding carboxylic acids is 4. The van der Waals surface area contributed by atoms with Gasteiger partial charge in [0, 0.05) is 58.2 Å². The van der Waals surface area contributed by atoms with Gasteiger partial charge in [-0.2, -0.15) is 0 Å². The van der Waals surface area contributed by atoms with Gasteiger partial charge in [0.05, 0.1) is 61.3 Å². The van der Waals surface area contributed by atoms with E-state index in [2.05, 4.69) is 15.0 Å². The maximum absolute atomic E-state index is 13.4. The van der Waals surface area contributed by atoms with E-state index in [1.807, 2.05) is 65.8 Å². The van der Waals surface area contributed by atoms with Crippen LogP contribution in [0.1, 0.15) is 86.2 Å². The Kier molecular flexibility index (Phi) is 24.1. The fourth-order valence-corrected chi connectivity index (χ4v) is 10.8. The number of nitrogens with zero attached hydrogens (tertiary/aromatic N) is 5. The molecule has 2 heterocycles. The predicted molar refractivity (Wildman–Crippen MR) is 293 cm³/mol. The van der Waals surface area contributed by atoms with Crippen LogP contribution in [0, 0.1) is 0 Å². The predicted octanol–water partition coefficient (Wildman–Crippen LogP) is 8.02. The average Bonchev–Trinajstić information content (AvgIpc) is 3.39. The van der Waals surface area contributed by atoms with Gasteiger partial charge in [0.25, 0.3) is 0 Å². The first-order valence-electron chi connectivity index (χ1n) is 24.9. The molecule has 2 saturated heterocycles. The summed E-state index contributed by atoms with van der Waals surface area (Å²) in [6, 6.07) is 31.4.